The third-order valence-corrected chi connectivity index (χ3v) is 8.11. The fourth-order valence-electron chi connectivity index (χ4n) is 5.89. The molecule has 33 heavy (non-hydrogen) atoms. The summed E-state index contributed by atoms with van der Waals surface area (Å²) in [7, 11) is 0. The van der Waals surface area contributed by atoms with Gasteiger partial charge in [-0.05, 0) is 58.0 Å². The molecule has 1 N–H and O–H groups in total. The highest BCUT2D eigenvalue weighted by Gasteiger charge is 2.40. The molecule has 7 nitrogen and oxygen atoms in total. The zero-order valence-corrected chi connectivity index (χ0v) is 19.9. The SMILES string of the molecule is CC1(C(=O)N2CCC(N3CCCCC3)CC2)CC=C(NCC(=O)N2C[C@@H](F)C[C@H]2C#N)CC1. The lowest BCUT2D eigenvalue weighted by Gasteiger charge is -2.43. The van der Waals surface area contributed by atoms with Crippen LogP contribution in [0.3, 0.4) is 0 Å². The van der Waals surface area contributed by atoms with Gasteiger partial charge in [0.05, 0.1) is 24.6 Å². The van der Waals surface area contributed by atoms with Crippen LogP contribution in [-0.4, -0.2) is 84.0 Å². The van der Waals surface area contributed by atoms with Gasteiger partial charge in [0.15, 0.2) is 0 Å². The molecule has 1 aliphatic carbocycles. The average Bonchev–Trinajstić information content (AvgIpc) is 3.24. The lowest BCUT2D eigenvalue weighted by Crippen LogP contribution is -2.51. The van der Waals surface area contributed by atoms with Gasteiger partial charge in [0.25, 0.3) is 0 Å². The molecule has 3 atom stereocenters. The molecule has 1 unspecified atom stereocenters. The lowest BCUT2D eigenvalue weighted by atomic mass is 9.76. The van der Waals surface area contributed by atoms with E-state index in [0.717, 1.165) is 38.0 Å². The van der Waals surface area contributed by atoms with Crippen molar-refractivity contribution in [2.24, 2.45) is 5.41 Å². The molecule has 0 aromatic rings. The molecule has 3 saturated heterocycles. The van der Waals surface area contributed by atoms with Gasteiger partial charge in [0, 0.05) is 31.2 Å². The minimum absolute atomic E-state index is 0.00118. The van der Waals surface area contributed by atoms with Crippen molar-refractivity contribution in [1.82, 2.24) is 20.0 Å². The molecule has 4 aliphatic rings. The first-order valence-electron chi connectivity index (χ1n) is 12.7. The Hall–Kier alpha value is -2.14. The van der Waals surface area contributed by atoms with Crippen LogP contribution in [0.5, 0.6) is 0 Å². The molecular weight excluding hydrogens is 421 g/mol. The average molecular weight is 460 g/mol. The van der Waals surface area contributed by atoms with E-state index in [-0.39, 0.29) is 31.3 Å². The van der Waals surface area contributed by atoms with Crippen LogP contribution in [0.4, 0.5) is 4.39 Å². The van der Waals surface area contributed by atoms with Gasteiger partial charge in [-0.1, -0.05) is 19.4 Å². The Kier molecular flexibility index (Phi) is 7.58. The fourth-order valence-corrected chi connectivity index (χ4v) is 5.89. The summed E-state index contributed by atoms with van der Waals surface area (Å²) in [6.45, 7) is 6.25. The lowest BCUT2D eigenvalue weighted by molar-refractivity contribution is -0.143. The monoisotopic (exact) mass is 459 g/mol. The molecule has 0 radical (unpaired) electrons. The molecule has 8 heteroatoms. The number of carbonyl (C=O) groups is 2. The van der Waals surface area contributed by atoms with E-state index < -0.39 is 17.6 Å². The summed E-state index contributed by atoms with van der Waals surface area (Å²) in [5, 5.41) is 12.3. The molecule has 182 valence electrons. The highest BCUT2D eigenvalue weighted by molar-refractivity contribution is 5.83. The summed E-state index contributed by atoms with van der Waals surface area (Å²) < 4.78 is 13.6. The van der Waals surface area contributed by atoms with Crippen molar-refractivity contribution in [3.8, 4) is 6.07 Å². The van der Waals surface area contributed by atoms with Gasteiger partial charge in [0.1, 0.15) is 12.2 Å². The van der Waals surface area contributed by atoms with E-state index in [1.54, 1.807) is 0 Å². The number of allylic oxidation sites excluding steroid dienone is 2. The van der Waals surface area contributed by atoms with Crippen LogP contribution < -0.4 is 5.32 Å². The summed E-state index contributed by atoms with van der Waals surface area (Å²) in [4.78, 5) is 31.8. The standard InChI is InChI=1S/C25H38FN5O2/c1-25(24(33)30-13-7-21(8-14-30)29-11-3-2-4-12-29)9-5-20(6-10-25)28-17-23(32)31-18-19(26)15-22(31)16-27/h5,19,21-22,28H,2-4,6-15,17-18H2,1H3/t19-,22-,25?/m0/s1. The van der Waals surface area contributed by atoms with Crippen LogP contribution in [0.25, 0.3) is 0 Å². The fraction of sp³-hybridized carbons (Fsp3) is 0.800. The molecular formula is C25H38FN5O2. The first-order valence-corrected chi connectivity index (χ1v) is 12.7. The number of nitrogens with one attached hydrogen (secondary N) is 1. The number of alkyl halides is 1. The number of hydrogen-bond acceptors (Lipinski definition) is 5. The number of rotatable bonds is 5. The van der Waals surface area contributed by atoms with Crippen molar-refractivity contribution in [3.63, 3.8) is 0 Å². The third kappa shape index (κ3) is 5.51. The summed E-state index contributed by atoms with van der Waals surface area (Å²) >= 11 is 0. The first kappa shape index (κ1) is 24.0. The summed E-state index contributed by atoms with van der Waals surface area (Å²) in [6, 6.07) is 1.98. The molecule has 0 aromatic heterocycles. The topological polar surface area (TPSA) is 79.7 Å². The van der Waals surface area contributed by atoms with Crippen molar-refractivity contribution < 1.29 is 14.0 Å². The molecule has 3 fully saturated rings. The van der Waals surface area contributed by atoms with Crippen molar-refractivity contribution in [2.75, 3.05) is 39.3 Å². The molecule has 0 saturated carbocycles. The smallest absolute Gasteiger partial charge is 0.243 e. The molecule has 3 aliphatic heterocycles. The van der Waals surface area contributed by atoms with Gasteiger partial charge in [-0.15, -0.1) is 0 Å². The highest BCUT2D eigenvalue weighted by atomic mass is 19.1. The Morgan fingerprint density at radius 3 is 2.58 bits per heavy atom. The second-order valence-corrected chi connectivity index (χ2v) is 10.5. The number of halogens is 1. The largest absolute Gasteiger partial charge is 0.380 e. The predicted octanol–water partition coefficient (Wildman–Crippen LogP) is 2.59. The van der Waals surface area contributed by atoms with E-state index in [0.29, 0.717) is 18.9 Å². The van der Waals surface area contributed by atoms with E-state index >= 15 is 0 Å². The summed E-state index contributed by atoms with van der Waals surface area (Å²) in [5.74, 6) is 0.0116. The quantitative estimate of drug-likeness (QED) is 0.684. The van der Waals surface area contributed by atoms with Crippen molar-refractivity contribution >= 4 is 11.8 Å². The molecule has 2 amide bonds. The van der Waals surface area contributed by atoms with Crippen molar-refractivity contribution in [1.29, 1.82) is 5.26 Å². The zero-order chi connectivity index (χ0) is 23.4. The Labute approximate surface area is 196 Å². The number of piperidine rings is 2. The van der Waals surface area contributed by atoms with Crippen LogP contribution in [0.1, 0.15) is 64.7 Å². The Morgan fingerprint density at radius 1 is 1.21 bits per heavy atom. The third-order valence-electron chi connectivity index (χ3n) is 8.11. The van der Waals surface area contributed by atoms with Crippen LogP contribution >= 0.6 is 0 Å². The second-order valence-electron chi connectivity index (χ2n) is 10.5. The number of amides is 2. The molecule has 4 rings (SSSR count). The van der Waals surface area contributed by atoms with E-state index in [1.807, 2.05) is 12.1 Å². The number of carbonyl (C=O) groups excluding carboxylic acids is 2. The van der Waals surface area contributed by atoms with Gasteiger partial charge < -0.3 is 20.0 Å². The minimum atomic E-state index is -1.12. The Bertz CT molecular complexity index is 797. The maximum absolute atomic E-state index is 13.6. The Morgan fingerprint density at radius 2 is 1.94 bits per heavy atom. The van der Waals surface area contributed by atoms with Gasteiger partial charge >= 0.3 is 0 Å². The molecule has 3 heterocycles. The number of nitriles is 1. The van der Waals surface area contributed by atoms with Crippen LogP contribution in [0, 0.1) is 16.7 Å². The van der Waals surface area contributed by atoms with Crippen LogP contribution in [-0.2, 0) is 9.59 Å². The van der Waals surface area contributed by atoms with Gasteiger partial charge in [-0.2, -0.15) is 5.26 Å². The van der Waals surface area contributed by atoms with Crippen LogP contribution in [0.2, 0.25) is 0 Å². The van der Waals surface area contributed by atoms with Gasteiger partial charge in [-0.3, -0.25) is 9.59 Å². The minimum Gasteiger partial charge on any atom is -0.380 e. The normalized spacial score (nSPS) is 31.7. The van der Waals surface area contributed by atoms with Gasteiger partial charge in [0.2, 0.25) is 11.8 Å². The summed E-state index contributed by atoms with van der Waals surface area (Å²) in [6.07, 6.45) is 9.25. The maximum Gasteiger partial charge on any atom is 0.243 e. The van der Waals surface area contributed by atoms with E-state index in [1.165, 1.54) is 37.3 Å². The number of nitrogens with zero attached hydrogens (tertiary/aromatic N) is 4. The highest BCUT2D eigenvalue weighted by Crippen LogP contribution is 2.37. The van der Waals surface area contributed by atoms with E-state index in [2.05, 4.69) is 22.0 Å². The number of likely N-dealkylation sites (tertiary alicyclic amines) is 3. The molecule has 0 aromatic carbocycles. The van der Waals surface area contributed by atoms with Gasteiger partial charge in [-0.25, -0.2) is 4.39 Å². The molecule has 0 spiro atoms. The zero-order valence-electron chi connectivity index (χ0n) is 19.9. The maximum atomic E-state index is 13.6. The van der Waals surface area contributed by atoms with Crippen molar-refractivity contribution in [2.45, 2.75) is 83.0 Å². The predicted molar refractivity (Wildman–Crippen MR) is 124 cm³/mol. The second kappa shape index (κ2) is 10.4. The summed E-state index contributed by atoms with van der Waals surface area (Å²) in [5.41, 5.74) is 0.567. The van der Waals surface area contributed by atoms with Crippen LogP contribution in [0.15, 0.2) is 11.8 Å². The Balaban J connectivity index is 1.24. The van der Waals surface area contributed by atoms with E-state index in [9.17, 15) is 14.0 Å². The first-order chi connectivity index (χ1) is 15.9. The van der Waals surface area contributed by atoms with E-state index in [4.69, 9.17) is 5.26 Å². The number of hydrogen-bond donors (Lipinski definition) is 1. The molecule has 0 bridgehead atoms. The van der Waals surface area contributed by atoms with Crippen molar-refractivity contribution in [3.05, 3.63) is 11.8 Å².